The largest absolute Gasteiger partial charge is 0.497 e. The monoisotopic (exact) mass is 351 g/mol. The van der Waals surface area contributed by atoms with Crippen LogP contribution in [0, 0.1) is 0 Å². The normalized spacial score (nSPS) is 10.8. The molecule has 2 aromatic carbocycles. The second-order valence-corrected chi connectivity index (χ2v) is 6.15. The lowest BCUT2D eigenvalue weighted by molar-refractivity contribution is 0.0650. The van der Waals surface area contributed by atoms with E-state index in [1.807, 2.05) is 56.3 Å². The summed E-state index contributed by atoms with van der Waals surface area (Å²) in [6, 6.07) is 17.0. The lowest BCUT2D eigenvalue weighted by Gasteiger charge is -2.25. The number of methoxy groups -OCH3 is 1. The Kier molecular flexibility index (Phi) is 5.31. The average Bonchev–Trinajstić information content (AvgIpc) is 3.16. The van der Waals surface area contributed by atoms with Gasteiger partial charge in [-0.3, -0.25) is 4.79 Å². The molecule has 1 heterocycles. The second kappa shape index (κ2) is 7.82. The number of benzene rings is 2. The van der Waals surface area contributed by atoms with Crippen molar-refractivity contribution < 1.29 is 13.9 Å². The maximum absolute atomic E-state index is 12.8. The van der Waals surface area contributed by atoms with Gasteiger partial charge in [0, 0.05) is 18.2 Å². The molecule has 0 aliphatic rings. The molecule has 0 saturated heterocycles. The third-order valence-electron chi connectivity index (χ3n) is 4.02. The van der Waals surface area contributed by atoms with Crippen LogP contribution < -0.4 is 4.74 Å². The first-order valence-corrected chi connectivity index (χ1v) is 8.41. The average molecular weight is 351 g/mol. The standard InChI is InChI=1S/C20H21N3O3/c1-14(2)23(13-15-7-5-4-6-8-15)20(24)19-22-21-18(26-19)16-9-11-17(25-3)12-10-16/h4-12,14H,13H2,1-3H3. The first-order chi connectivity index (χ1) is 12.6. The number of carbonyl (C=O) groups is 1. The Balaban J connectivity index is 1.80. The minimum atomic E-state index is -0.281. The molecular weight excluding hydrogens is 330 g/mol. The van der Waals surface area contributed by atoms with Gasteiger partial charge in [-0.05, 0) is 43.7 Å². The van der Waals surface area contributed by atoms with Gasteiger partial charge in [-0.25, -0.2) is 0 Å². The predicted molar refractivity (Wildman–Crippen MR) is 97.7 cm³/mol. The summed E-state index contributed by atoms with van der Waals surface area (Å²) in [7, 11) is 1.60. The van der Waals surface area contributed by atoms with Crippen molar-refractivity contribution in [3.63, 3.8) is 0 Å². The van der Waals surface area contributed by atoms with Crippen LogP contribution in [0.3, 0.4) is 0 Å². The molecule has 0 aliphatic carbocycles. The Morgan fingerprint density at radius 1 is 1.08 bits per heavy atom. The molecule has 0 spiro atoms. The van der Waals surface area contributed by atoms with E-state index in [2.05, 4.69) is 10.2 Å². The summed E-state index contributed by atoms with van der Waals surface area (Å²) >= 11 is 0. The van der Waals surface area contributed by atoms with Crippen LogP contribution in [0.25, 0.3) is 11.5 Å². The van der Waals surface area contributed by atoms with Gasteiger partial charge in [0.25, 0.3) is 0 Å². The van der Waals surface area contributed by atoms with E-state index in [1.165, 1.54) is 0 Å². The quantitative estimate of drug-likeness (QED) is 0.676. The number of ether oxygens (including phenoxy) is 1. The Morgan fingerprint density at radius 2 is 1.77 bits per heavy atom. The summed E-state index contributed by atoms with van der Waals surface area (Å²) in [4.78, 5) is 14.6. The van der Waals surface area contributed by atoms with E-state index in [0.29, 0.717) is 12.4 Å². The Morgan fingerprint density at radius 3 is 2.38 bits per heavy atom. The van der Waals surface area contributed by atoms with Gasteiger partial charge in [-0.15, -0.1) is 10.2 Å². The lowest BCUT2D eigenvalue weighted by atomic mass is 10.2. The smallest absolute Gasteiger partial charge is 0.311 e. The number of rotatable bonds is 6. The highest BCUT2D eigenvalue weighted by Gasteiger charge is 2.24. The Labute approximate surface area is 152 Å². The number of carbonyl (C=O) groups excluding carboxylic acids is 1. The van der Waals surface area contributed by atoms with Crippen LogP contribution in [0.4, 0.5) is 0 Å². The molecule has 3 rings (SSSR count). The minimum Gasteiger partial charge on any atom is -0.497 e. The van der Waals surface area contributed by atoms with Crippen molar-refractivity contribution in [1.82, 2.24) is 15.1 Å². The maximum atomic E-state index is 12.8. The molecule has 0 radical (unpaired) electrons. The topological polar surface area (TPSA) is 68.5 Å². The van der Waals surface area contributed by atoms with Crippen molar-refractivity contribution in [3.05, 3.63) is 66.1 Å². The minimum absolute atomic E-state index is 0.000887. The van der Waals surface area contributed by atoms with E-state index in [0.717, 1.165) is 16.9 Å². The summed E-state index contributed by atoms with van der Waals surface area (Å²) in [5, 5.41) is 7.95. The molecule has 0 N–H and O–H groups in total. The van der Waals surface area contributed by atoms with E-state index < -0.39 is 0 Å². The van der Waals surface area contributed by atoms with Gasteiger partial charge in [0.1, 0.15) is 5.75 Å². The highest BCUT2D eigenvalue weighted by Crippen LogP contribution is 2.22. The SMILES string of the molecule is COc1ccc(-c2nnc(C(=O)N(Cc3ccccc3)C(C)C)o2)cc1. The van der Waals surface area contributed by atoms with Gasteiger partial charge < -0.3 is 14.1 Å². The van der Waals surface area contributed by atoms with E-state index in [4.69, 9.17) is 9.15 Å². The zero-order valence-electron chi connectivity index (χ0n) is 15.0. The number of hydrogen-bond donors (Lipinski definition) is 0. The number of nitrogens with zero attached hydrogens (tertiary/aromatic N) is 3. The summed E-state index contributed by atoms with van der Waals surface area (Å²) in [6.45, 7) is 4.40. The molecule has 134 valence electrons. The van der Waals surface area contributed by atoms with Crippen LogP contribution in [0.2, 0.25) is 0 Å². The van der Waals surface area contributed by atoms with E-state index in [9.17, 15) is 4.79 Å². The zero-order chi connectivity index (χ0) is 18.5. The molecule has 6 heteroatoms. The summed E-state index contributed by atoms with van der Waals surface area (Å²) in [5.41, 5.74) is 1.78. The van der Waals surface area contributed by atoms with Crippen LogP contribution in [0.1, 0.15) is 30.1 Å². The molecule has 3 aromatic rings. The van der Waals surface area contributed by atoms with Gasteiger partial charge in [-0.2, -0.15) is 0 Å². The van der Waals surface area contributed by atoms with Crippen molar-refractivity contribution in [2.45, 2.75) is 26.4 Å². The fourth-order valence-electron chi connectivity index (χ4n) is 2.55. The van der Waals surface area contributed by atoms with Gasteiger partial charge in [0.15, 0.2) is 0 Å². The van der Waals surface area contributed by atoms with E-state index >= 15 is 0 Å². The van der Waals surface area contributed by atoms with Crippen molar-refractivity contribution >= 4 is 5.91 Å². The van der Waals surface area contributed by atoms with Crippen LogP contribution in [0.15, 0.2) is 59.0 Å². The zero-order valence-corrected chi connectivity index (χ0v) is 15.0. The fraction of sp³-hybridized carbons (Fsp3) is 0.250. The molecule has 1 aromatic heterocycles. The van der Waals surface area contributed by atoms with Crippen LogP contribution >= 0.6 is 0 Å². The van der Waals surface area contributed by atoms with E-state index in [1.54, 1.807) is 24.1 Å². The molecule has 26 heavy (non-hydrogen) atoms. The van der Waals surface area contributed by atoms with Gasteiger partial charge in [0.05, 0.1) is 7.11 Å². The number of hydrogen-bond acceptors (Lipinski definition) is 5. The highest BCUT2D eigenvalue weighted by molar-refractivity contribution is 5.90. The number of aromatic nitrogens is 2. The molecule has 0 atom stereocenters. The van der Waals surface area contributed by atoms with Gasteiger partial charge >= 0.3 is 11.8 Å². The first kappa shape index (κ1) is 17.7. The predicted octanol–water partition coefficient (Wildman–Crippen LogP) is 3.80. The molecule has 0 saturated carbocycles. The molecule has 0 bridgehead atoms. The van der Waals surface area contributed by atoms with E-state index in [-0.39, 0.29) is 17.8 Å². The molecule has 6 nitrogen and oxygen atoms in total. The van der Waals surface area contributed by atoms with Crippen LogP contribution in [-0.4, -0.2) is 34.2 Å². The molecular formula is C20H21N3O3. The number of amides is 1. The van der Waals surface area contributed by atoms with Crippen molar-refractivity contribution in [2.75, 3.05) is 7.11 Å². The third kappa shape index (κ3) is 3.91. The molecule has 0 unspecified atom stereocenters. The first-order valence-electron chi connectivity index (χ1n) is 8.41. The van der Waals surface area contributed by atoms with Gasteiger partial charge in [-0.1, -0.05) is 30.3 Å². The Bertz CT molecular complexity index is 858. The summed E-state index contributed by atoms with van der Waals surface area (Å²) in [6.07, 6.45) is 0. The molecule has 0 aliphatic heterocycles. The lowest BCUT2D eigenvalue weighted by Crippen LogP contribution is -2.36. The van der Waals surface area contributed by atoms with Crippen LogP contribution in [-0.2, 0) is 6.54 Å². The van der Waals surface area contributed by atoms with Crippen molar-refractivity contribution in [2.24, 2.45) is 0 Å². The fourth-order valence-corrected chi connectivity index (χ4v) is 2.55. The van der Waals surface area contributed by atoms with Crippen LogP contribution in [0.5, 0.6) is 5.75 Å². The third-order valence-corrected chi connectivity index (χ3v) is 4.02. The van der Waals surface area contributed by atoms with Gasteiger partial charge in [0.2, 0.25) is 5.89 Å². The molecule has 1 amide bonds. The summed E-state index contributed by atoms with van der Waals surface area (Å²) in [5.74, 6) is 0.745. The van der Waals surface area contributed by atoms with Crippen molar-refractivity contribution in [1.29, 1.82) is 0 Å². The second-order valence-electron chi connectivity index (χ2n) is 6.15. The highest BCUT2D eigenvalue weighted by atomic mass is 16.5. The Hall–Kier alpha value is -3.15. The maximum Gasteiger partial charge on any atom is 0.311 e. The van der Waals surface area contributed by atoms with Crippen molar-refractivity contribution in [3.8, 4) is 17.2 Å². The summed E-state index contributed by atoms with van der Waals surface area (Å²) < 4.78 is 10.8. The molecule has 0 fully saturated rings.